The maximum Gasteiger partial charge on any atom is 0.410 e. The van der Waals surface area contributed by atoms with Crippen LogP contribution in [0.15, 0.2) is 18.2 Å². The number of hydrogen-bond donors (Lipinski definition) is 0. The predicted octanol–water partition coefficient (Wildman–Crippen LogP) is 2.07. The summed E-state index contributed by atoms with van der Waals surface area (Å²) in [5, 5.41) is 11.1. The molecule has 28 heavy (non-hydrogen) atoms. The Kier molecular flexibility index (Phi) is 6.22. The van der Waals surface area contributed by atoms with Gasteiger partial charge in [0, 0.05) is 43.9 Å². The molecule has 0 unspecified atom stereocenters. The first kappa shape index (κ1) is 21.1. The highest BCUT2D eigenvalue weighted by atomic mass is 16.6. The normalized spacial score (nSPS) is 14.4. The van der Waals surface area contributed by atoms with Crippen LogP contribution in [0.5, 0.6) is 0 Å². The number of benzene rings is 1. The first-order chi connectivity index (χ1) is 13.0. The minimum atomic E-state index is -0.771. The fourth-order valence-corrected chi connectivity index (χ4v) is 2.68. The van der Waals surface area contributed by atoms with Gasteiger partial charge in [0.05, 0.1) is 17.6 Å². The van der Waals surface area contributed by atoms with Gasteiger partial charge in [0.15, 0.2) is 0 Å². The van der Waals surface area contributed by atoms with Crippen molar-refractivity contribution in [3.63, 3.8) is 0 Å². The average Bonchev–Trinajstić information content (AvgIpc) is 2.65. The number of rotatable bonds is 3. The van der Waals surface area contributed by atoms with Gasteiger partial charge in [0.1, 0.15) is 5.60 Å². The Morgan fingerprint density at radius 3 is 2.04 bits per heavy atom. The summed E-state index contributed by atoms with van der Waals surface area (Å²) in [5.41, 5.74) is -1.05. The minimum Gasteiger partial charge on any atom is -0.465 e. The van der Waals surface area contributed by atoms with Crippen molar-refractivity contribution in [2.45, 2.75) is 26.4 Å². The lowest BCUT2D eigenvalue weighted by Crippen LogP contribution is -2.51. The van der Waals surface area contributed by atoms with E-state index in [0.717, 1.165) is 19.2 Å². The molecule has 152 valence electrons. The van der Waals surface area contributed by atoms with Crippen molar-refractivity contribution in [2.75, 3.05) is 33.3 Å². The van der Waals surface area contributed by atoms with E-state index in [1.165, 1.54) is 15.9 Å². The zero-order valence-corrected chi connectivity index (χ0v) is 16.3. The second-order valence-electron chi connectivity index (χ2n) is 7.28. The molecule has 1 fully saturated rings. The second kappa shape index (κ2) is 8.24. The molecule has 1 aliphatic rings. The van der Waals surface area contributed by atoms with Crippen LogP contribution in [0, 0.1) is 10.1 Å². The van der Waals surface area contributed by atoms with Gasteiger partial charge in [-0.25, -0.2) is 9.59 Å². The van der Waals surface area contributed by atoms with Gasteiger partial charge in [0.25, 0.3) is 11.6 Å². The molecule has 2 rings (SSSR count). The summed E-state index contributed by atoms with van der Waals surface area (Å²) in [6.45, 7) is 6.35. The van der Waals surface area contributed by atoms with Gasteiger partial charge >= 0.3 is 12.1 Å². The number of nitrogens with zero attached hydrogens (tertiary/aromatic N) is 3. The fourth-order valence-electron chi connectivity index (χ4n) is 2.68. The topological polar surface area (TPSA) is 119 Å². The van der Waals surface area contributed by atoms with Gasteiger partial charge < -0.3 is 19.3 Å². The summed E-state index contributed by atoms with van der Waals surface area (Å²) in [7, 11) is 1.15. The quantitative estimate of drug-likeness (QED) is 0.438. The molecule has 1 saturated heterocycles. The SMILES string of the molecule is COC(=O)c1cc(C(=O)N2CCN(C(=O)OC(C)(C)C)CC2)cc([N+](=O)[O-])c1. The van der Waals surface area contributed by atoms with Crippen LogP contribution >= 0.6 is 0 Å². The lowest BCUT2D eigenvalue weighted by Gasteiger charge is -2.35. The van der Waals surface area contributed by atoms with E-state index < -0.39 is 28.5 Å². The van der Waals surface area contributed by atoms with E-state index in [9.17, 15) is 24.5 Å². The van der Waals surface area contributed by atoms with Crippen LogP contribution in [0.1, 0.15) is 41.5 Å². The maximum absolute atomic E-state index is 12.8. The molecule has 1 heterocycles. The van der Waals surface area contributed by atoms with Crippen LogP contribution in [0.4, 0.5) is 10.5 Å². The van der Waals surface area contributed by atoms with Crippen molar-refractivity contribution >= 4 is 23.7 Å². The molecular weight excluding hydrogens is 370 g/mol. The van der Waals surface area contributed by atoms with E-state index >= 15 is 0 Å². The number of carbonyl (C=O) groups excluding carboxylic acids is 3. The van der Waals surface area contributed by atoms with E-state index in [-0.39, 0.29) is 43.0 Å². The summed E-state index contributed by atoms with van der Waals surface area (Å²) in [6.07, 6.45) is -0.456. The van der Waals surface area contributed by atoms with E-state index in [0.29, 0.717) is 0 Å². The molecule has 1 aliphatic heterocycles. The van der Waals surface area contributed by atoms with Gasteiger partial charge in [-0.1, -0.05) is 0 Å². The highest BCUT2D eigenvalue weighted by Gasteiger charge is 2.29. The third-order valence-electron chi connectivity index (χ3n) is 4.02. The lowest BCUT2D eigenvalue weighted by atomic mass is 10.1. The van der Waals surface area contributed by atoms with Gasteiger partial charge in [0.2, 0.25) is 0 Å². The Balaban J connectivity index is 2.13. The van der Waals surface area contributed by atoms with Crippen LogP contribution < -0.4 is 0 Å². The number of esters is 1. The lowest BCUT2D eigenvalue weighted by molar-refractivity contribution is -0.384. The Morgan fingerprint density at radius 2 is 1.54 bits per heavy atom. The van der Waals surface area contributed by atoms with Gasteiger partial charge in [-0.2, -0.15) is 0 Å². The molecule has 0 aromatic heterocycles. The number of nitro benzene ring substituents is 1. The highest BCUT2D eigenvalue weighted by Crippen LogP contribution is 2.20. The molecule has 2 amide bonds. The Morgan fingerprint density at radius 1 is 1.00 bits per heavy atom. The summed E-state index contributed by atoms with van der Waals surface area (Å²) < 4.78 is 9.90. The third kappa shape index (κ3) is 5.18. The predicted molar refractivity (Wildman–Crippen MR) is 98.1 cm³/mol. The van der Waals surface area contributed by atoms with Gasteiger partial charge in [-0.3, -0.25) is 14.9 Å². The van der Waals surface area contributed by atoms with Crippen LogP contribution in [0.25, 0.3) is 0 Å². The molecule has 10 heteroatoms. The highest BCUT2D eigenvalue weighted by molar-refractivity contribution is 5.99. The van der Waals surface area contributed by atoms with Gasteiger partial charge in [-0.15, -0.1) is 0 Å². The number of nitro groups is 1. The summed E-state index contributed by atoms with van der Waals surface area (Å²) in [4.78, 5) is 50.0. The Bertz CT molecular complexity index is 793. The number of hydrogen-bond acceptors (Lipinski definition) is 7. The van der Waals surface area contributed by atoms with E-state index in [2.05, 4.69) is 4.74 Å². The number of piperazine rings is 1. The number of methoxy groups -OCH3 is 1. The molecule has 0 radical (unpaired) electrons. The van der Waals surface area contributed by atoms with E-state index in [1.807, 2.05) is 0 Å². The van der Waals surface area contributed by atoms with E-state index in [1.54, 1.807) is 20.8 Å². The van der Waals surface area contributed by atoms with Crippen molar-refractivity contribution in [3.8, 4) is 0 Å². The van der Waals surface area contributed by atoms with E-state index in [4.69, 9.17) is 4.74 Å². The summed E-state index contributed by atoms with van der Waals surface area (Å²) in [6, 6.07) is 3.44. The fraction of sp³-hybridized carbons (Fsp3) is 0.500. The zero-order chi connectivity index (χ0) is 21.1. The van der Waals surface area contributed by atoms with Crippen LogP contribution in [0.2, 0.25) is 0 Å². The molecule has 1 aromatic carbocycles. The largest absolute Gasteiger partial charge is 0.465 e. The standard InChI is InChI=1S/C18H23N3O7/c1-18(2,3)28-17(24)20-7-5-19(6-8-20)15(22)12-9-13(16(23)27-4)11-14(10-12)21(25)26/h9-11H,5-8H2,1-4H3. The molecule has 10 nitrogen and oxygen atoms in total. The van der Waals surface area contributed by atoms with Crippen LogP contribution in [0.3, 0.4) is 0 Å². The monoisotopic (exact) mass is 393 g/mol. The Labute approximate surface area is 162 Å². The minimum absolute atomic E-state index is 0.0142. The number of ether oxygens (including phenoxy) is 2. The third-order valence-corrected chi connectivity index (χ3v) is 4.02. The number of non-ortho nitro benzene ring substituents is 1. The van der Waals surface area contributed by atoms with Crippen molar-refractivity contribution in [1.29, 1.82) is 0 Å². The number of amides is 2. The van der Waals surface area contributed by atoms with Crippen LogP contribution in [-0.4, -0.2) is 71.6 Å². The van der Waals surface area contributed by atoms with Gasteiger partial charge in [-0.05, 0) is 26.8 Å². The number of carbonyl (C=O) groups is 3. The average molecular weight is 393 g/mol. The smallest absolute Gasteiger partial charge is 0.410 e. The summed E-state index contributed by atoms with van der Waals surface area (Å²) in [5.74, 6) is -1.23. The maximum atomic E-state index is 12.8. The van der Waals surface area contributed by atoms with Crippen molar-refractivity contribution < 1.29 is 28.8 Å². The van der Waals surface area contributed by atoms with Crippen molar-refractivity contribution in [3.05, 3.63) is 39.4 Å². The molecular formula is C18H23N3O7. The molecule has 0 atom stereocenters. The van der Waals surface area contributed by atoms with Crippen molar-refractivity contribution in [1.82, 2.24) is 9.80 Å². The molecule has 0 N–H and O–H groups in total. The van der Waals surface area contributed by atoms with Crippen molar-refractivity contribution in [2.24, 2.45) is 0 Å². The molecule has 1 aromatic rings. The molecule has 0 bridgehead atoms. The first-order valence-electron chi connectivity index (χ1n) is 8.67. The second-order valence-corrected chi connectivity index (χ2v) is 7.28. The van der Waals surface area contributed by atoms with Crippen LogP contribution in [-0.2, 0) is 9.47 Å². The molecule has 0 aliphatic carbocycles. The zero-order valence-electron chi connectivity index (χ0n) is 16.3. The summed E-state index contributed by atoms with van der Waals surface area (Å²) >= 11 is 0. The Hall–Kier alpha value is -3.17. The molecule has 0 spiro atoms. The first-order valence-corrected chi connectivity index (χ1v) is 8.67. The molecule has 0 saturated carbocycles.